The number of allylic oxidation sites excluding steroid dienone is 2. The number of hydrogen-bond donors (Lipinski definition) is 0. The van der Waals surface area contributed by atoms with Crippen LogP contribution in [0.2, 0.25) is 0 Å². The molecule has 0 saturated heterocycles. The first-order valence-corrected chi connectivity index (χ1v) is 5.31. The van der Waals surface area contributed by atoms with Gasteiger partial charge in [-0.25, -0.2) is 0 Å². The summed E-state index contributed by atoms with van der Waals surface area (Å²) in [6, 6.07) is 0. The van der Waals surface area contributed by atoms with Crippen molar-refractivity contribution in [1.29, 1.82) is 0 Å². The Bertz CT molecular complexity index is 63.3. The van der Waals surface area contributed by atoms with Crippen LogP contribution >= 0.6 is 0 Å². The molecule has 0 fully saturated rings. The third-order valence-electron chi connectivity index (χ3n) is 1.27. The third-order valence-corrected chi connectivity index (χ3v) is 1.27. The quantitative estimate of drug-likeness (QED) is 0.526. The average Bonchev–Trinajstić information content (AvgIpc) is 2.20. The maximum Gasteiger partial charge on any atom is 0.201 e. The smallest absolute Gasteiger partial charge is 0.201 e. The Labute approximate surface area is 109 Å². The van der Waals surface area contributed by atoms with Gasteiger partial charge in [-0.05, 0) is 0 Å². The van der Waals surface area contributed by atoms with E-state index in [1.54, 1.807) is 0 Å². The van der Waals surface area contributed by atoms with Gasteiger partial charge >= 0.3 is 0 Å². The minimum atomic E-state index is 0. The summed E-state index contributed by atoms with van der Waals surface area (Å²) in [5, 5.41) is 0. The molecule has 82 valence electrons. The third kappa shape index (κ3) is 87.0. The van der Waals surface area contributed by atoms with E-state index in [1.165, 1.54) is 37.8 Å². The van der Waals surface area contributed by atoms with Crippen molar-refractivity contribution in [2.75, 3.05) is 0 Å². The van der Waals surface area contributed by atoms with Gasteiger partial charge in [0.25, 0.3) is 0 Å². The van der Waals surface area contributed by atoms with Gasteiger partial charge in [0.2, 0.25) is 6.58 Å². The van der Waals surface area contributed by atoms with Crippen molar-refractivity contribution < 1.29 is 0 Å². The van der Waals surface area contributed by atoms with Crippen LogP contribution in [0.3, 0.4) is 0 Å². The normalized spacial score (nSPS) is 6.50. The van der Waals surface area contributed by atoms with Gasteiger partial charge in [-0.3, -0.25) is 6.08 Å². The molecule has 0 spiro atoms. The predicted octanol–water partition coefficient (Wildman–Crippen LogP) is 4.59. The van der Waals surface area contributed by atoms with Crippen LogP contribution in [-0.4, -0.2) is 23.9 Å². The first kappa shape index (κ1) is 23.8. The van der Waals surface area contributed by atoms with Crippen molar-refractivity contribution in [3.8, 4) is 0 Å². The summed E-state index contributed by atoms with van der Waals surface area (Å²) in [5.74, 6) is 0. The number of hydrogen-bond acceptors (Lipinski definition) is 0. The summed E-state index contributed by atoms with van der Waals surface area (Å²) < 4.78 is 0. The maximum atomic E-state index is 4.90. The van der Waals surface area contributed by atoms with Crippen LogP contribution in [0.25, 0.3) is 0 Å². The zero-order valence-corrected chi connectivity index (χ0v) is 13.2. The molecule has 0 aromatic rings. The van der Waals surface area contributed by atoms with Gasteiger partial charge in [0.05, 0.1) is 0 Å². The first-order chi connectivity index (χ1) is 6.24. The Kier molecular flexibility index (Phi) is 64.4. The topological polar surface area (TPSA) is 0 Å². The first-order valence-electron chi connectivity index (χ1n) is 5.31. The van der Waals surface area contributed by atoms with Gasteiger partial charge < -0.3 is 6.58 Å². The Morgan fingerprint density at radius 1 is 0.929 bits per heavy atom. The van der Waals surface area contributed by atoms with Crippen molar-refractivity contribution in [3.63, 3.8) is 0 Å². The molecule has 0 unspecified atom stereocenters. The second kappa shape index (κ2) is 37.9. The Morgan fingerprint density at radius 2 is 1.21 bits per heavy atom. The molecule has 0 aromatic carbocycles. The number of unbranched alkanes of at least 4 members (excludes halogenated alkanes) is 2. The SMILES string of the molecule is CCCC.CCCC.[CH+]=CCC=[CH-].[Sn]. The molecule has 0 saturated carbocycles. The van der Waals surface area contributed by atoms with Crippen LogP contribution in [0, 0.1) is 13.2 Å². The van der Waals surface area contributed by atoms with E-state index in [-0.39, 0.29) is 23.9 Å². The van der Waals surface area contributed by atoms with Gasteiger partial charge in [0, 0.05) is 30.3 Å². The second-order valence-corrected chi connectivity index (χ2v) is 2.71. The van der Waals surface area contributed by atoms with Crippen LogP contribution in [0.15, 0.2) is 12.2 Å². The van der Waals surface area contributed by atoms with Gasteiger partial charge in [-0.15, -0.1) is 0 Å². The van der Waals surface area contributed by atoms with Crippen molar-refractivity contribution in [2.45, 2.75) is 59.8 Å². The Morgan fingerprint density at radius 3 is 1.21 bits per heavy atom. The largest absolute Gasteiger partial charge is 0.517 e. The van der Waals surface area contributed by atoms with Crippen LogP contribution in [0.5, 0.6) is 0 Å². The molecule has 14 heavy (non-hydrogen) atoms. The van der Waals surface area contributed by atoms with Crippen LogP contribution in [-0.2, 0) is 0 Å². The van der Waals surface area contributed by atoms with Crippen LogP contribution in [0.4, 0.5) is 0 Å². The summed E-state index contributed by atoms with van der Waals surface area (Å²) >= 11 is 0. The van der Waals surface area contributed by atoms with Crippen molar-refractivity contribution >= 4 is 23.9 Å². The molecule has 0 aliphatic rings. The fourth-order valence-corrected chi connectivity index (χ4v) is 0.0786. The van der Waals surface area contributed by atoms with Gasteiger partial charge in [-0.2, -0.15) is 0 Å². The maximum absolute atomic E-state index is 4.90. The molecular weight excluding hydrogens is 275 g/mol. The molecule has 4 radical (unpaired) electrons. The summed E-state index contributed by atoms with van der Waals surface area (Å²) in [6.07, 6.45) is 8.97. The Balaban J connectivity index is -0.0000000522. The minimum Gasteiger partial charge on any atom is -0.517 e. The van der Waals surface area contributed by atoms with E-state index in [0.717, 1.165) is 0 Å². The van der Waals surface area contributed by atoms with E-state index in [2.05, 4.69) is 27.7 Å². The van der Waals surface area contributed by atoms with Gasteiger partial charge in [0.15, 0.2) is 6.08 Å². The van der Waals surface area contributed by atoms with Crippen LogP contribution < -0.4 is 0 Å². The summed E-state index contributed by atoms with van der Waals surface area (Å²) in [5.41, 5.74) is 0. The van der Waals surface area contributed by atoms with E-state index in [0.29, 0.717) is 6.42 Å². The van der Waals surface area contributed by atoms with E-state index in [9.17, 15) is 0 Å². The zero-order valence-electron chi connectivity index (χ0n) is 10.3. The van der Waals surface area contributed by atoms with Crippen molar-refractivity contribution in [1.82, 2.24) is 0 Å². The molecule has 0 aliphatic heterocycles. The van der Waals surface area contributed by atoms with Gasteiger partial charge in [-0.1, -0.05) is 53.4 Å². The second-order valence-electron chi connectivity index (χ2n) is 2.71. The number of rotatable bonds is 4. The molecular formula is C13H26Sn. The minimum absolute atomic E-state index is 0. The van der Waals surface area contributed by atoms with Crippen molar-refractivity contribution in [2.24, 2.45) is 0 Å². The zero-order chi connectivity index (χ0) is 10.9. The summed E-state index contributed by atoms with van der Waals surface area (Å²) in [6.45, 7) is 18.5. The van der Waals surface area contributed by atoms with Crippen LogP contribution in [0.1, 0.15) is 59.8 Å². The molecule has 0 atom stereocenters. The molecule has 1 heteroatoms. The molecule has 0 heterocycles. The average molecular weight is 301 g/mol. The molecule has 0 amide bonds. The molecule has 0 aromatic heterocycles. The van der Waals surface area contributed by atoms with Crippen molar-refractivity contribution in [3.05, 3.63) is 25.3 Å². The molecule has 0 rings (SSSR count). The Hall–Kier alpha value is 0.189. The standard InChI is InChI=1S/C5H6.2C4H10.Sn/c1-3-5-4-2;2*1-3-4-2;/h1-4H,5H2;2*3-4H2,1-2H3;. The summed E-state index contributed by atoms with van der Waals surface area (Å²) in [7, 11) is 0. The molecule has 0 N–H and O–H groups in total. The fraction of sp³-hybridized carbons (Fsp3) is 0.692. The van der Waals surface area contributed by atoms with Gasteiger partial charge in [0.1, 0.15) is 0 Å². The molecule has 0 bridgehead atoms. The fourth-order valence-electron chi connectivity index (χ4n) is 0.0786. The van der Waals surface area contributed by atoms with E-state index in [1.807, 2.05) is 0 Å². The summed E-state index contributed by atoms with van der Waals surface area (Å²) in [4.78, 5) is 0. The van der Waals surface area contributed by atoms with E-state index in [4.69, 9.17) is 13.2 Å². The molecule has 0 aliphatic carbocycles. The van der Waals surface area contributed by atoms with E-state index >= 15 is 0 Å². The molecule has 0 nitrogen and oxygen atoms in total. The monoisotopic (exact) mass is 302 g/mol. The predicted molar refractivity (Wildman–Crippen MR) is 69.3 cm³/mol. The van der Waals surface area contributed by atoms with E-state index < -0.39 is 0 Å².